The monoisotopic (exact) mass is 331 g/mol. The number of carbonyl (C=O) groups is 1. The molecule has 2 aromatic rings. The van der Waals surface area contributed by atoms with Gasteiger partial charge in [0.1, 0.15) is 11.3 Å². The Labute approximate surface area is 140 Å². The summed E-state index contributed by atoms with van der Waals surface area (Å²) < 4.78 is 19.8. The van der Waals surface area contributed by atoms with Crippen LogP contribution in [0.25, 0.3) is 10.9 Å². The molecule has 0 bridgehead atoms. The highest BCUT2D eigenvalue weighted by Gasteiger charge is 2.15. The van der Waals surface area contributed by atoms with Crippen molar-refractivity contribution in [1.29, 1.82) is 0 Å². The molecule has 2 heterocycles. The second kappa shape index (κ2) is 7.13. The van der Waals surface area contributed by atoms with E-state index < -0.39 is 5.82 Å². The highest BCUT2D eigenvalue weighted by atomic mass is 19.1. The zero-order valence-corrected chi connectivity index (χ0v) is 14.0. The summed E-state index contributed by atoms with van der Waals surface area (Å²) in [6.45, 7) is 6.76. The van der Waals surface area contributed by atoms with Gasteiger partial charge in [-0.3, -0.25) is 4.79 Å². The van der Waals surface area contributed by atoms with Crippen LogP contribution < -0.4 is 10.2 Å². The number of halogens is 1. The van der Waals surface area contributed by atoms with Crippen LogP contribution in [0.3, 0.4) is 0 Å². The quantitative estimate of drug-likeness (QED) is 0.935. The lowest BCUT2D eigenvalue weighted by Gasteiger charge is -2.28. The van der Waals surface area contributed by atoms with Crippen molar-refractivity contribution in [3.63, 3.8) is 0 Å². The van der Waals surface area contributed by atoms with Gasteiger partial charge in [-0.1, -0.05) is 13.8 Å². The maximum absolute atomic E-state index is 14.4. The van der Waals surface area contributed by atoms with Crippen molar-refractivity contribution in [2.24, 2.45) is 5.92 Å². The molecular formula is C18H22FN3O2. The molecule has 1 aromatic heterocycles. The molecule has 0 radical (unpaired) electrons. The molecule has 1 aromatic carbocycles. The molecule has 0 unspecified atom stereocenters. The lowest BCUT2D eigenvalue weighted by Crippen LogP contribution is -2.36. The number of hydrogen-bond donors (Lipinski definition) is 1. The molecule has 0 atom stereocenters. The number of rotatable bonds is 4. The van der Waals surface area contributed by atoms with Crippen molar-refractivity contribution in [3.05, 3.63) is 30.1 Å². The van der Waals surface area contributed by atoms with Gasteiger partial charge in [0.05, 0.1) is 13.2 Å². The SMILES string of the molecule is CC(C)CC(=O)Nc1cc(F)c2nc(N3CCOCC3)ccc2c1. The van der Waals surface area contributed by atoms with E-state index in [4.69, 9.17) is 4.74 Å². The Hall–Kier alpha value is -2.21. The number of nitrogens with one attached hydrogen (secondary N) is 1. The number of hydrogen-bond acceptors (Lipinski definition) is 4. The second-order valence-electron chi connectivity index (χ2n) is 6.44. The van der Waals surface area contributed by atoms with Crippen LogP contribution in [0.2, 0.25) is 0 Å². The van der Waals surface area contributed by atoms with Crippen LogP contribution in [0.15, 0.2) is 24.3 Å². The van der Waals surface area contributed by atoms with Crippen LogP contribution in [-0.2, 0) is 9.53 Å². The Morgan fingerprint density at radius 3 is 2.79 bits per heavy atom. The zero-order valence-electron chi connectivity index (χ0n) is 14.0. The molecule has 6 heteroatoms. The Bertz CT molecular complexity index is 742. The van der Waals surface area contributed by atoms with Crippen LogP contribution >= 0.6 is 0 Å². The minimum atomic E-state index is -0.428. The first-order chi connectivity index (χ1) is 11.5. The van der Waals surface area contributed by atoms with Gasteiger partial charge in [-0.15, -0.1) is 0 Å². The van der Waals surface area contributed by atoms with Crippen molar-refractivity contribution in [3.8, 4) is 0 Å². The summed E-state index contributed by atoms with van der Waals surface area (Å²) in [7, 11) is 0. The van der Waals surface area contributed by atoms with Crippen molar-refractivity contribution in [1.82, 2.24) is 4.98 Å². The minimum absolute atomic E-state index is 0.110. The maximum Gasteiger partial charge on any atom is 0.224 e. The van der Waals surface area contributed by atoms with Crippen LogP contribution in [0, 0.1) is 11.7 Å². The molecule has 1 aliphatic heterocycles. The maximum atomic E-state index is 14.4. The molecule has 128 valence electrons. The lowest BCUT2D eigenvalue weighted by molar-refractivity contribution is -0.116. The summed E-state index contributed by atoms with van der Waals surface area (Å²) in [5, 5.41) is 3.42. The molecule has 24 heavy (non-hydrogen) atoms. The average molecular weight is 331 g/mol. The van der Waals surface area contributed by atoms with Crippen LogP contribution in [0.4, 0.5) is 15.9 Å². The summed E-state index contributed by atoms with van der Waals surface area (Å²) in [6, 6.07) is 6.81. The van der Waals surface area contributed by atoms with E-state index in [1.54, 1.807) is 6.07 Å². The van der Waals surface area contributed by atoms with Gasteiger partial charge >= 0.3 is 0 Å². The van der Waals surface area contributed by atoms with Gasteiger partial charge in [0, 0.05) is 30.6 Å². The molecule has 1 fully saturated rings. The Kier molecular flexibility index (Phi) is 4.94. The molecule has 0 aliphatic carbocycles. The van der Waals surface area contributed by atoms with Gasteiger partial charge in [0.2, 0.25) is 5.91 Å². The number of benzene rings is 1. The number of amides is 1. The molecule has 3 rings (SSSR count). The fourth-order valence-corrected chi connectivity index (χ4v) is 2.81. The number of nitrogens with zero attached hydrogens (tertiary/aromatic N) is 2. The number of pyridine rings is 1. The smallest absolute Gasteiger partial charge is 0.224 e. The van der Waals surface area contributed by atoms with Crippen molar-refractivity contribution in [2.45, 2.75) is 20.3 Å². The zero-order chi connectivity index (χ0) is 17.1. The molecule has 5 nitrogen and oxygen atoms in total. The summed E-state index contributed by atoms with van der Waals surface area (Å²) >= 11 is 0. The highest BCUT2D eigenvalue weighted by Crippen LogP contribution is 2.25. The Balaban J connectivity index is 1.85. The topological polar surface area (TPSA) is 54.5 Å². The standard InChI is InChI=1S/C18H22FN3O2/c1-12(2)9-17(23)20-14-10-13-3-4-16(21-18(13)15(19)11-14)22-5-7-24-8-6-22/h3-4,10-12H,5-9H2,1-2H3,(H,20,23). The Morgan fingerprint density at radius 1 is 1.33 bits per heavy atom. The van der Waals surface area contributed by atoms with Gasteiger partial charge < -0.3 is 15.0 Å². The van der Waals surface area contributed by atoms with E-state index in [2.05, 4.69) is 15.2 Å². The number of ether oxygens (including phenoxy) is 1. The third-order valence-electron chi connectivity index (χ3n) is 3.94. The fraction of sp³-hybridized carbons (Fsp3) is 0.444. The first kappa shape index (κ1) is 16.6. The fourth-order valence-electron chi connectivity index (χ4n) is 2.81. The molecule has 1 saturated heterocycles. The van der Waals surface area contributed by atoms with E-state index in [1.165, 1.54) is 6.07 Å². The van der Waals surface area contributed by atoms with E-state index in [0.717, 1.165) is 18.9 Å². The molecule has 0 saturated carbocycles. The average Bonchev–Trinajstić information content (AvgIpc) is 2.54. The lowest BCUT2D eigenvalue weighted by atomic mass is 10.1. The van der Waals surface area contributed by atoms with Crippen LogP contribution in [-0.4, -0.2) is 37.2 Å². The number of morpholine rings is 1. The van der Waals surface area contributed by atoms with Gasteiger partial charge in [-0.2, -0.15) is 0 Å². The van der Waals surface area contributed by atoms with E-state index >= 15 is 0 Å². The van der Waals surface area contributed by atoms with Crippen molar-refractivity contribution in [2.75, 3.05) is 36.5 Å². The van der Waals surface area contributed by atoms with E-state index in [0.29, 0.717) is 36.2 Å². The predicted octanol–water partition coefficient (Wildman–Crippen LogP) is 3.20. The van der Waals surface area contributed by atoms with E-state index in [-0.39, 0.29) is 11.8 Å². The van der Waals surface area contributed by atoms with Crippen molar-refractivity contribution < 1.29 is 13.9 Å². The third-order valence-corrected chi connectivity index (χ3v) is 3.94. The first-order valence-corrected chi connectivity index (χ1v) is 8.26. The number of fused-ring (bicyclic) bond motifs is 1. The van der Waals surface area contributed by atoms with Gasteiger partial charge in [0.25, 0.3) is 0 Å². The number of carbonyl (C=O) groups excluding carboxylic acids is 1. The Morgan fingerprint density at radius 2 is 2.08 bits per heavy atom. The number of anilines is 2. The van der Waals surface area contributed by atoms with E-state index in [1.807, 2.05) is 26.0 Å². The van der Waals surface area contributed by atoms with Crippen molar-refractivity contribution >= 4 is 28.3 Å². The number of aromatic nitrogens is 1. The first-order valence-electron chi connectivity index (χ1n) is 8.26. The molecule has 1 amide bonds. The molecule has 1 N–H and O–H groups in total. The van der Waals surface area contributed by atoms with E-state index in [9.17, 15) is 9.18 Å². The summed E-state index contributed by atoms with van der Waals surface area (Å²) in [4.78, 5) is 18.4. The normalized spacial score (nSPS) is 15.1. The van der Waals surface area contributed by atoms with Gasteiger partial charge in [-0.05, 0) is 30.2 Å². The summed E-state index contributed by atoms with van der Waals surface area (Å²) in [5.41, 5.74) is 0.785. The third kappa shape index (κ3) is 3.82. The van der Waals surface area contributed by atoms with Gasteiger partial charge in [-0.25, -0.2) is 9.37 Å². The molecule has 1 aliphatic rings. The minimum Gasteiger partial charge on any atom is -0.378 e. The second-order valence-corrected chi connectivity index (χ2v) is 6.44. The largest absolute Gasteiger partial charge is 0.378 e. The van der Waals surface area contributed by atoms with Gasteiger partial charge in [0.15, 0.2) is 5.82 Å². The van der Waals surface area contributed by atoms with Crippen LogP contribution in [0.5, 0.6) is 0 Å². The summed E-state index contributed by atoms with van der Waals surface area (Å²) in [6.07, 6.45) is 0.411. The molecular weight excluding hydrogens is 309 g/mol. The summed E-state index contributed by atoms with van der Waals surface area (Å²) in [5.74, 6) is 0.471. The predicted molar refractivity (Wildman–Crippen MR) is 92.8 cm³/mol. The highest BCUT2D eigenvalue weighted by molar-refractivity contribution is 5.94. The molecule has 0 spiro atoms. The van der Waals surface area contributed by atoms with Crippen LogP contribution in [0.1, 0.15) is 20.3 Å².